The molecule has 1 aliphatic rings. The first kappa shape index (κ1) is 25.2. The van der Waals surface area contributed by atoms with Crippen LogP contribution in [0.15, 0.2) is 78.9 Å². The van der Waals surface area contributed by atoms with E-state index in [1.165, 1.54) is 4.90 Å². The standard InChI is InChI=1S/C29H30FNO5/c1-2-34-28(32)20-36-27-15-9-14-23-24(26(30)17-16-25(23)27)18-19-35-29(33)31(21-10-5-3-6-11-21)22-12-7-4-8-13-22/h3-15,24,26H,2,16-20H2,1H3. The van der Waals surface area contributed by atoms with E-state index in [0.717, 1.165) is 11.1 Å². The van der Waals surface area contributed by atoms with Gasteiger partial charge in [-0.15, -0.1) is 0 Å². The molecule has 0 aliphatic heterocycles. The largest absolute Gasteiger partial charge is 0.482 e. The fourth-order valence-electron chi connectivity index (χ4n) is 4.54. The average Bonchev–Trinajstić information content (AvgIpc) is 2.90. The third-order valence-corrected chi connectivity index (χ3v) is 6.19. The number of esters is 1. The van der Waals surface area contributed by atoms with E-state index < -0.39 is 24.2 Å². The first-order chi connectivity index (χ1) is 17.6. The Morgan fingerprint density at radius 2 is 1.58 bits per heavy atom. The number of hydrogen-bond acceptors (Lipinski definition) is 5. The summed E-state index contributed by atoms with van der Waals surface area (Å²) in [4.78, 5) is 26.3. The van der Waals surface area contributed by atoms with Crippen LogP contribution in [0.1, 0.15) is 36.8 Å². The minimum absolute atomic E-state index is 0.0629. The maximum atomic E-state index is 15.0. The second-order valence-corrected chi connectivity index (χ2v) is 8.49. The lowest BCUT2D eigenvalue weighted by Crippen LogP contribution is -2.29. The van der Waals surface area contributed by atoms with Crippen molar-refractivity contribution < 1.29 is 28.2 Å². The molecule has 2 unspecified atom stereocenters. The number of para-hydroxylation sites is 2. The highest BCUT2D eigenvalue weighted by Crippen LogP contribution is 2.40. The maximum absolute atomic E-state index is 15.0. The van der Waals surface area contributed by atoms with Crippen LogP contribution in [0.25, 0.3) is 0 Å². The van der Waals surface area contributed by atoms with Crippen LogP contribution in [0.5, 0.6) is 5.75 Å². The normalized spacial score (nSPS) is 16.5. The molecular formula is C29H30FNO5. The van der Waals surface area contributed by atoms with Crippen LogP contribution in [0, 0.1) is 0 Å². The fourth-order valence-corrected chi connectivity index (χ4v) is 4.54. The second kappa shape index (κ2) is 12.2. The Morgan fingerprint density at radius 1 is 0.917 bits per heavy atom. The molecule has 3 aromatic carbocycles. The minimum atomic E-state index is -1.06. The third-order valence-electron chi connectivity index (χ3n) is 6.19. The number of fused-ring (bicyclic) bond motifs is 1. The Labute approximate surface area is 210 Å². The molecule has 0 saturated carbocycles. The van der Waals surface area contributed by atoms with Crippen molar-refractivity contribution in [1.82, 2.24) is 0 Å². The number of ether oxygens (including phenoxy) is 3. The molecule has 1 amide bonds. The molecule has 2 atom stereocenters. The number of hydrogen-bond donors (Lipinski definition) is 0. The molecule has 0 saturated heterocycles. The van der Waals surface area contributed by atoms with E-state index in [-0.39, 0.29) is 19.8 Å². The summed E-state index contributed by atoms with van der Waals surface area (Å²) in [5, 5.41) is 0. The summed E-state index contributed by atoms with van der Waals surface area (Å²) in [5.41, 5.74) is 3.09. The van der Waals surface area contributed by atoms with Crippen molar-refractivity contribution in [1.29, 1.82) is 0 Å². The van der Waals surface area contributed by atoms with E-state index in [9.17, 15) is 9.59 Å². The van der Waals surface area contributed by atoms with Gasteiger partial charge in [0.25, 0.3) is 0 Å². The monoisotopic (exact) mass is 491 g/mol. The van der Waals surface area contributed by atoms with Gasteiger partial charge >= 0.3 is 12.1 Å². The average molecular weight is 492 g/mol. The number of amides is 1. The van der Waals surface area contributed by atoms with Gasteiger partial charge in [-0.05, 0) is 67.6 Å². The molecule has 36 heavy (non-hydrogen) atoms. The fraction of sp³-hybridized carbons (Fsp3) is 0.310. The van der Waals surface area contributed by atoms with Gasteiger partial charge < -0.3 is 14.2 Å². The Kier molecular flexibility index (Phi) is 8.55. The van der Waals surface area contributed by atoms with E-state index in [2.05, 4.69) is 0 Å². The lowest BCUT2D eigenvalue weighted by atomic mass is 9.79. The summed E-state index contributed by atoms with van der Waals surface area (Å²) in [6, 6.07) is 24.0. The molecule has 0 spiro atoms. The van der Waals surface area contributed by atoms with Crippen LogP contribution >= 0.6 is 0 Å². The predicted molar refractivity (Wildman–Crippen MR) is 136 cm³/mol. The van der Waals surface area contributed by atoms with Gasteiger partial charge in [0.15, 0.2) is 6.61 Å². The highest BCUT2D eigenvalue weighted by molar-refractivity contribution is 5.95. The first-order valence-electron chi connectivity index (χ1n) is 12.2. The number of halogens is 1. The molecule has 7 heteroatoms. The SMILES string of the molecule is CCOC(=O)COc1cccc2c1CCC(F)C2CCOC(=O)N(c1ccccc1)c1ccccc1. The number of carbonyl (C=O) groups is 2. The van der Waals surface area contributed by atoms with Crippen molar-refractivity contribution in [2.24, 2.45) is 0 Å². The molecular weight excluding hydrogens is 461 g/mol. The van der Waals surface area contributed by atoms with Gasteiger partial charge in [-0.2, -0.15) is 0 Å². The maximum Gasteiger partial charge on any atom is 0.418 e. The highest BCUT2D eigenvalue weighted by atomic mass is 19.1. The van der Waals surface area contributed by atoms with Crippen molar-refractivity contribution >= 4 is 23.4 Å². The topological polar surface area (TPSA) is 65.1 Å². The molecule has 0 N–H and O–H groups in total. The van der Waals surface area contributed by atoms with E-state index in [0.29, 0.717) is 36.4 Å². The van der Waals surface area contributed by atoms with Gasteiger partial charge in [0.2, 0.25) is 0 Å². The number of carbonyl (C=O) groups excluding carboxylic acids is 2. The molecule has 0 aromatic heterocycles. The Bertz CT molecular complexity index is 1120. The summed E-state index contributed by atoms with van der Waals surface area (Å²) in [6.07, 6.45) is -0.396. The van der Waals surface area contributed by atoms with Crippen LogP contribution in [0.4, 0.5) is 20.6 Å². The Balaban J connectivity index is 1.44. The number of benzene rings is 3. The van der Waals surface area contributed by atoms with Gasteiger partial charge in [-0.3, -0.25) is 0 Å². The molecule has 1 aliphatic carbocycles. The third kappa shape index (κ3) is 6.03. The zero-order valence-corrected chi connectivity index (χ0v) is 20.3. The van der Waals surface area contributed by atoms with Crippen molar-refractivity contribution in [3.05, 3.63) is 90.0 Å². The quantitative estimate of drug-likeness (QED) is 0.326. The predicted octanol–water partition coefficient (Wildman–Crippen LogP) is 6.36. The minimum Gasteiger partial charge on any atom is -0.482 e. The zero-order chi connectivity index (χ0) is 25.3. The molecule has 0 bridgehead atoms. The Morgan fingerprint density at radius 3 is 2.22 bits per heavy atom. The van der Waals surface area contributed by atoms with Gasteiger partial charge in [0, 0.05) is 5.92 Å². The van der Waals surface area contributed by atoms with Crippen LogP contribution in [-0.4, -0.2) is 38.1 Å². The van der Waals surface area contributed by atoms with Crippen LogP contribution in [0.3, 0.4) is 0 Å². The molecule has 3 aromatic rings. The van der Waals surface area contributed by atoms with Gasteiger partial charge in [-0.25, -0.2) is 18.9 Å². The van der Waals surface area contributed by atoms with Crippen molar-refractivity contribution in [2.45, 2.75) is 38.3 Å². The smallest absolute Gasteiger partial charge is 0.418 e. The van der Waals surface area contributed by atoms with Gasteiger partial charge in [0.1, 0.15) is 11.9 Å². The van der Waals surface area contributed by atoms with E-state index in [1.54, 1.807) is 19.1 Å². The highest BCUT2D eigenvalue weighted by Gasteiger charge is 2.32. The van der Waals surface area contributed by atoms with E-state index >= 15 is 4.39 Å². The van der Waals surface area contributed by atoms with Crippen molar-refractivity contribution in [2.75, 3.05) is 24.7 Å². The molecule has 6 nitrogen and oxygen atoms in total. The van der Waals surface area contributed by atoms with Gasteiger partial charge in [-0.1, -0.05) is 48.5 Å². The molecule has 0 radical (unpaired) electrons. The number of alkyl halides is 1. The molecule has 4 rings (SSSR count). The zero-order valence-electron chi connectivity index (χ0n) is 20.3. The number of rotatable bonds is 9. The van der Waals surface area contributed by atoms with Crippen LogP contribution in [-0.2, 0) is 20.7 Å². The summed E-state index contributed by atoms with van der Waals surface area (Å²) in [7, 11) is 0. The lowest BCUT2D eigenvalue weighted by molar-refractivity contribution is -0.145. The molecule has 0 fully saturated rings. The van der Waals surface area contributed by atoms with E-state index in [1.807, 2.05) is 66.7 Å². The Hall–Kier alpha value is -3.87. The summed E-state index contributed by atoms with van der Waals surface area (Å²) in [5.74, 6) is -0.317. The summed E-state index contributed by atoms with van der Waals surface area (Å²) < 4.78 is 31.3. The van der Waals surface area contributed by atoms with E-state index in [4.69, 9.17) is 14.2 Å². The second-order valence-electron chi connectivity index (χ2n) is 8.49. The molecule has 188 valence electrons. The molecule has 0 heterocycles. The van der Waals surface area contributed by atoms with Crippen molar-refractivity contribution in [3.8, 4) is 5.75 Å². The lowest BCUT2D eigenvalue weighted by Gasteiger charge is -2.30. The number of anilines is 2. The summed E-state index contributed by atoms with van der Waals surface area (Å²) in [6.45, 7) is 1.89. The van der Waals surface area contributed by atoms with Gasteiger partial charge in [0.05, 0.1) is 24.6 Å². The number of nitrogens with zero attached hydrogens (tertiary/aromatic N) is 1. The first-order valence-corrected chi connectivity index (χ1v) is 12.2. The van der Waals surface area contributed by atoms with Crippen LogP contribution < -0.4 is 9.64 Å². The van der Waals surface area contributed by atoms with Crippen LogP contribution in [0.2, 0.25) is 0 Å². The summed E-state index contributed by atoms with van der Waals surface area (Å²) >= 11 is 0. The van der Waals surface area contributed by atoms with Crippen molar-refractivity contribution in [3.63, 3.8) is 0 Å².